The van der Waals surface area contributed by atoms with Gasteiger partial charge in [0.15, 0.2) is 12.4 Å². The number of esters is 1. The molecule has 7 nitrogen and oxygen atoms in total. The third kappa shape index (κ3) is 4.00. The summed E-state index contributed by atoms with van der Waals surface area (Å²) in [6.07, 6.45) is 3.18. The van der Waals surface area contributed by atoms with Crippen LogP contribution in [-0.4, -0.2) is 42.8 Å². The van der Waals surface area contributed by atoms with Crippen LogP contribution in [0.25, 0.3) is 0 Å². The molecule has 0 N–H and O–H groups in total. The average molecular weight is 422 g/mol. The number of hydrogen-bond donors (Lipinski definition) is 0. The maximum Gasteiger partial charge on any atom is 0.311 e. The van der Waals surface area contributed by atoms with Crippen LogP contribution in [0.4, 0.5) is 5.69 Å². The van der Waals surface area contributed by atoms with Crippen LogP contribution in [0.1, 0.15) is 31.6 Å². The Balaban J connectivity index is 1.35. The molecule has 1 unspecified atom stereocenters. The fourth-order valence-corrected chi connectivity index (χ4v) is 4.39. The van der Waals surface area contributed by atoms with E-state index in [2.05, 4.69) is 19.9 Å². The Morgan fingerprint density at radius 3 is 2.71 bits per heavy atom. The normalized spacial score (nSPS) is 20.9. The summed E-state index contributed by atoms with van der Waals surface area (Å²) in [7, 11) is 1.93. The summed E-state index contributed by atoms with van der Waals surface area (Å²) in [5.74, 6) is -0.845. The Morgan fingerprint density at radius 1 is 1.23 bits per heavy atom. The third-order valence-electron chi connectivity index (χ3n) is 6.07. The maximum atomic E-state index is 12.6. The first kappa shape index (κ1) is 20.9. The summed E-state index contributed by atoms with van der Waals surface area (Å²) in [6.45, 7) is 4.38. The number of ether oxygens (including phenoxy) is 1. The molecule has 1 amide bonds. The van der Waals surface area contributed by atoms with Crippen molar-refractivity contribution in [1.29, 1.82) is 0 Å². The van der Waals surface area contributed by atoms with E-state index in [4.69, 9.17) is 9.15 Å². The van der Waals surface area contributed by atoms with Crippen molar-refractivity contribution in [1.82, 2.24) is 4.90 Å². The molecule has 162 valence electrons. The van der Waals surface area contributed by atoms with Crippen LogP contribution in [0.3, 0.4) is 0 Å². The van der Waals surface area contributed by atoms with Crippen molar-refractivity contribution in [2.24, 2.45) is 5.92 Å². The number of likely N-dealkylation sites (N-methyl/N-ethyl adjacent to an activating group) is 1. The van der Waals surface area contributed by atoms with E-state index < -0.39 is 11.9 Å². The summed E-state index contributed by atoms with van der Waals surface area (Å²) in [6, 6.07) is 11.6. The molecule has 2 aromatic rings. The molecule has 1 saturated heterocycles. The predicted octanol–water partition coefficient (Wildman–Crippen LogP) is 3.05. The molecule has 1 atom stereocenters. The zero-order chi connectivity index (χ0) is 22.2. The fourth-order valence-electron chi connectivity index (χ4n) is 4.39. The molecule has 7 heteroatoms. The van der Waals surface area contributed by atoms with Gasteiger partial charge >= 0.3 is 5.97 Å². The molecule has 0 spiro atoms. The van der Waals surface area contributed by atoms with Crippen LogP contribution in [0, 0.1) is 5.92 Å². The lowest BCUT2D eigenvalue weighted by molar-refractivity contribution is -0.151. The molecule has 1 aromatic carbocycles. The molecule has 0 radical (unpaired) electrons. The second-order valence-electron chi connectivity index (χ2n) is 8.56. The first-order chi connectivity index (χ1) is 14.8. The molecule has 0 bridgehead atoms. The highest BCUT2D eigenvalue weighted by atomic mass is 16.5. The number of fused-ring (bicyclic) bond motifs is 1. The number of hydrogen-bond acceptors (Lipinski definition) is 6. The lowest BCUT2D eigenvalue weighted by Crippen LogP contribution is -2.27. The zero-order valence-corrected chi connectivity index (χ0v) is 18.0. The molecule has 0 saturated carbocycles. The molecule has 2 aliphatic rings. The van der Waals surface area contributed by atoms with Crippen molar-refractivity contribution < 1.29 is 23.5 Å². The number of allylic oxidation sites excluding steroid dienone is 1. The Kier molecular flexibility index (Phi) is 5.43. The summed E-state index contributed by atoms with van der Waals surface area (Å²) < 4.78 is 10.5. The number of para-hydroxylation sites is 1. The van der Waals surface area contributed by atoms with Gasteiger partial charge in [-0.1, -0.05) is 32.0 Å². The molecule has 1 fully saturated rings. The highest BCUT2D eigenvalue weighted by molar-refractivity contribution is 5.95. The summed E-state index contributed by atoms with van der Waals surface area (Å²) >= 11 is 0. The van der Waals surface area contributed by atoms with Crippen molar-refractivity contribution in [3.63, 3.8) is 0 Å². The van der Waals surface area contributed by atoms with Crippen LogP contribution in [-0.2, 0) is 31.1 Å². The lowest BCUT2D eigenvalue weighted by Gasteiger charge is -2.24. The Labute approximate surface area is 181 Å². The molecule has 3 heterocycles. The van der Waals surface area contributed by atoms with Gasteiger partial charge in [0.2, 0.25) is 5.91 Å². The van der Waals surface area contributed by atoms with Gasteiger partial charge in [0, 0.05) is 42.9 Å². The number of anilines is 1. The van der Waals surface area contributed by atoms with E-state index in [0.717, 1.165) is 16.9 Å². The highest BCUT2D eigenvalue weighted by Crippen LogP contribution is 2.46. The van der Waals surface area contributed by atoms with Gasteiger partial charge < -0.3 is 19.0 Å². The smallest absolute Gasteiger partial charge is 0.311 e. The van der Waals surface area contributed by atoms with Gasteiger partial charge in [-0.25, -0.2) is 0 Å². The predicted molar refractivity (Wildman–Crippen MR) is 114 cm³/mol. The Bertz CT molecular complexity index is 1040. The van der Waals surface area contributed by atoms with Crippen molar-refractivity contribution in [3.05, 3.63) is 65.8 Å². The van der Waals surface area contributed by atoms with E-state index in [1.807, 2.05) is 30.1 Å². The van der Waals surface area contributed by atoms with Gasteiger partial charge in [-0.2, -0.15) is 0 Å². The number of rotatable bonds is 6. The minimum Gasteiger partial charge on any atom is -0.467 e. The molecular formula is C24H26N2O5. The molecule has 0 aliphatic carbocycles. The largest absolute Gasteiger partial charge is 0.467 e. The number of amides is 1. The molecular weight excluding hydrogens is 396 g/mol. The standard InChI is InChI=1S/C24H26N2O5/c1-24(2)19-8-4-5-9-20(19)25(3)21(24)12-17(27)15-31-23(29)16-11-22(28)26(13-16)14-18-7-6-10-30-18/h4-10,12,16H,11,13-15H2,1-3H3. The van der Waals surface area contributed by atoms with E-state index in [-0.39, 0.29) is 36.7 Å². The Morgan fingerprint density at radius 2 is 2.00 bits per heavy atom. The number of furan rings is 1. The van der Waals surface area contributed by atoms with Gasteiger partial charge in [-0.05, 0) is 23.8 Å². The number of carbonyl (C=O) groups excluding carboxylic acids is 3. The van der Waals surface area contributed by atoms with Crippen molar-refractivity contribution in [3.8, 4) is 0 Å². The van der Waals surface area contributed by atoms with E-state index in [1.165, 1.54) is 0 Å². The van der Waals surface area contributed by atoms with Crippen LogP contribution in [0.5, 0.6) is 0 Å². The number of likely N-dealkylation sites (tertiary alicyclic amines) is 1. The molecule has 2 aliphatic heterocycles. The van der Waals surface area contributed by atoms with Crippen LogP contribution in [0.2, 0.25) is 0 Å². The van der Waals surface area contributed by atoms with Crippen molar-refractivity contribution >= 4 is 23.3 Å². The zero-order valence-electron chi connectivity index (χ0n) is 18.0. The summed E-state index contributed by atoms with van der Waals surface area (Å²) in [5.41, 5.74) is 2.74. The average Bonchev–Trinajstić information content (AvgIpc) is 3.43. The van der Waals surface area contributed by atoms with Gasteiger partial charge in [0.25, 0.3) is 0 Å². The molecule has 4 rings (SSSR count). The number of carbonyl (C=O) groups is 3. The quantitative estimate of drug-likeness (QED) is 0.526. The topological polar surface area (TPSA) is 80.1 Å². The van der Waals surface area contributed by atoms with Crippen LogP contribution < -0.4 is 4.90 Å². The van der Waals surface area contributed by atoms with Gasteiger partial charge in [0.1, 0.15) is 5.76 Å². The fraction of sp³-hybridized carbons (Fsp3) is 0.375. The van der Waals surface area contributed by atoms with E-state index in [9.17, 15) is 14.4 Å². The van der Waals surface area contributed by atoms with Crippen molar-refractivity contribution in [2.45, 2.75) is 32.2 Å². The van der Waals surface area contributed by atoms with Gasteiger partial charge in [0.05, 0.1) is 18.7 Å². The Hall–Kier alpha value is -3.35. The van der Waals surface area contributed by atoms with E-state index in [0.29, 0.717) is 12.3 Å². The SMILES string of the molecule is CN1C(=CC(=O)COC(=O)C2CC(=O)N(Cc3ccco3)C2)C(C)(C)c2ccccc21. The second kappa shape index (κ2) is 8.06. The monoisotopic (exact) mass is 422 g/mol. The van der Waals surface area contributed by atoms with Gasteiger partial charge in [-0.15, -0.1) is 0 Å². The van der Waals surface area contributed by atoms with E-state index >= 15 is 0 Å². The number of benzene rings is 1. The lowest BCUT2D eigenvalue weighted by atomic mass is 9.83. The maximum absolute atomic E-state index is 12.6. The van der Waals surface area contributed by atoms with E-state index in [1.54, 1.807) is 29.4 Å². The third-order valence-corrected chi connectivity index (χ3v) is 6.07. The minimum atomic E-state index is -0.572. The van der Waals surface area contributed by atoms with Gasteiger partial charge in [-0.3, -0.25) is 14.4 Å². The summed E-state index contributed by atoms with van der Waals surface area (Å²) in [5, 5.41) is 0. The number of ketones is 1. The van der Waals surface area contributed by atoms with Crippen molar-refractivity contribution in [2.75, 3.05) is 25.1 Å². The number of nitrogens with zero attached hydrogens (tertiary/aromatic N) is 2. The molecule has 1 aromatic heterocycles. The first-order valence-electron chi connectivity index (χ1n) is 10.3. The highest BCUT2D eigenvalue weighted by Gasteiger charge is 2.39. The first-order valence-corrected chi connectivity index (χ1v) is 10.3. The second-order valence-corrected chi connectivity index (χ2v) is 8.56. The van der Waals surface area contributed by atoms with Crippen LogP contribution >= 0.6 is 0 Å². The van der Waals surface area contributed by atoms with Crippen LogP contribution in [0.15, 0.2) is 58.9 Å². The molecule has 31 heavy (non-hydrogen) atoms. The minimum absolute atomic E-state index is 0.0832. The summed E-state index contributed by atoms with van der Waals surface area (Å²) in [4.78, 5) is 40.8.